The number of nitrogens with zero attached hydrogens (tertiary/aromatic N) is 1. The van der Waals surface area contributed by atoms with Gasteiger partial charge >= 0.3 is 0 Å². The highest BCUT2D eigenvalue weighted by Gasteiger charge is 2.26. The molecule has 1 aliphatic heterocycles. The van der Waals surface area contributed by atoms with Crippen LogP contribution in [0.5, 0.6) is 11.5 Å². The first kappa shape index (κ1) is 21.6. The molecule has 0 spiro atoms. The van der Waals surface area contributed by atoms with Gasteiger partial charge in [-0.2, -0.15) is 0 Å². The molecular formula is C19H24ClN3O5. The molecule has 0 saturated carbocycles. The van der Waals surface area contributed by atoms with Crippen LogP contribution >= 0.6 is 12.4 Å². The SMILES string of the molecule is COc1cc(NC(=O)c2ccco2)c(C(=O)N2CCNC(C)C2)cc1OC.Cl. The molecule has 8 nitrogen and oxygen atoms in total. The average Bonchev–Trinajstić information content (AvgIpc) is 3.22. The summed E-state index contributed by atoms with van der Waals surface area (Å²) in [6.07, 6.45) is 1.41. The summed E-state index contributed by atoms with van der Waals surface area (Å²) in [5.74, 6) is 0.352. The number of halogens is 1. The van der Waals surface area contributed by atoms with Crippen LogP contribution < -0.4 is 20.1 Å². The van der Waals surface area contributed by atoms with Gasteiger partial charge in [-0.15, -0.1) is 12.4 Å². The Hall–Kier alpha value is -2.71. The Morgan fingerprint density at radius 2 is 1.96 bits per heavy atom. The highest BCUT2D eigenvalue weighted by molar-refractivity contribution is 6.08. The van der Waals surface area contributed by atoms with Crippen molar-refractivity contribution in [3.05, 3.63) is 41.9 Å². The lowest BCUT2D eigenvalue weighted by molar-refractivity contribution is 0.0709. The number of furan rings is 1. The molecule has 3 rings (SSSR count). The fraction of sp³-hybridized carbons (Fsp3) is 0.368. The van der Waals surface area contributed by atoms with Crippen LogP contribution in [0, 0.1) is 0 Å². The highest BCUT2D eigenvalue weighted by atomic mass is 35.5. The summed E-state index contributed by atoms with van der Waals surface area (Å²) in [5, 5.41) is 6.04. The first-order chi connectivity index (χ1) is 13.0. The van der Waals surface area contributed by atoms with Crippen molar-refractivity contribution in [3.63, 3.8) is 0 Å². The molecule has 1 aliphatic rings. The van der Waals surface area contributed by atoms with E-state index in [0.717, 1.165) is 0 Å². The van der Waals surface area contributed by atoms with Gasteiger partial charge in [0.05, 0.1) is 31.7 Å². The molecule has 1 aromatic heterocycles. The van der Waals surface area contributed by atoms with Crippen molar-refractivity contribution in [2.75, 3.05) is 39.2 Å². The Morgan fingerprint density at radius 3 is 2.57 bits per heavy atom. The molecule has 0 aliphatic carbocycles. The maximum atomic E-state index is 13.1. The number of carbonyl (C=O) groups excluding carboxylic acids is 2. The molecule has 1 aromatic carbocycles. The van der Waals surface area contributed by atoms with Gasteiger partial charge in [-0.3, -0.25) is 9.59 Å². The summed E-state index contributed by atoms with van der Waals surface area (Å²) < 4.78 is 15.8. The molecule has 2 N–H and O–H groups in total. The smallest absolute Gasteiger partial charge is 0.291 e. The number of carbonyl (C=O) groups is 2. The number of ether oxygens (including phenoxy) is 2. The van der Waals surface area contributed by atoms with E-state index in [1.807, 2.05) is 6.92 Å². The van der Waals surface area contributed by atoms with Gasteiger partial charge in [0.2, 0.25) is 0 Å². The molecule has 0 radical (unpaired) electrons. The number of rotatable bonds is 5. The van der Waals surface area contributed by atoms with Gasteiger partial charge in [0.25, 0.3) is 11.8 Å². The van der Waals surface area contributed by atoms with E-state index < -0.39 is 5.91 Å². The van der Waals surface area contributed by atoms with Crippen LogP contribution in [0.4, 0.5) is 5.69 Å². The summed E-state index contributed by atoms with van der Waals surface area (Å²) in [6, 6.07) is 6.54. The predicted molar refractivity (Wildman–Crippen MR) is 107 cm³/mol. The monoisotopic (exact) mass is 409 g/mol. The lowest BCUT2D eigenvalue weighted by atomic mass is 10.1. The standard InChI is InChI=1S/C19H23N3O5.ClH/c1-12-11-22(7-6-20-12)19(24)13-9-16(25-2)17(26-3)10-14(13)21-18(23)15-5-4-8-27-15;/h4-5,8-10,12,20H,6-7,11H2,1-3H3,(H,21,23);1H. The fourth-order valence-electron chi connectivity index (χ4n) is 3.04. The molecule has 1 fully saturated rings. The van der Waals surface area contributed by atoms with E-state index in [1.165, 1.54) is 20.5 Å². The van der Waals surface area contributed by atoms with Crippen molar-refractivity contribution in [1.82, 2.24) is 10.2 Å². The zero-order valence-electron chi connectivity index (χ0n) is 16.0. The van der Waals surface area contributed by atoms with Crippen LogP contribution in [0.3, 0.4) is 0 Å². The van der Waals surface area contributed by atoms with Gasteiger partial charge < -0.3 is 29.4 Å². The Morgan fingerprint density at radius 1 is 1.25 bits per heavy atom. The van der Waals surface area contributed by atoms with Crippen molar-refractivity contribution in [2.45, 2.75) is 13.0 Å². The summed E-state index contributed by atoms with van der Waals surface area (Å²) >= 11 is 0. The normalized spacial score (nSPS) is 16.1. The minimum atomic E-state index is -0.449. The quantitative estimate of drug-likeness (QED) is 0.787. The summed E-state index contributed by atoms with van der Waals surface area (Å²) in [5.41, 5.74) is 0.673. The van der Waals surface area contributed by atoms with Crippen LogP contribution in [-0.2, 0) is 0 Å². The van der Waals surface area contributed by atoms with Gasteiger partial charge in [0.15, 0.2) is 17.3 Å². The fourth-order valence-corrected chi connectivity index (χ4v) is 3.04. The maximum absolute atomic E-state index is 13.1. The van der Waals surface area contributed by atoms with E-state index in [4.69, 9.17) is 13.9 Å². The third kappa shape index (κ3) is 4.58. The molecule has 0 bridgehead atoms. The van der Waals surface area contributed by atoms with E-state index in [2.05, 4.69) is 10.6 Å². The second kappa shape index (κ2) is 9.48. The molecule has 1 unspecified atom stereocenters. The van der Waals surface area contributed by atoms with E-state index in [9.17, 15) is 9.59 Å². The summed E-state index contributed by atoms with van der Waals surface area (Å²) in [7, 11) is 3.00. The molecular weight excluding hydrogens is 386 g/mol. The number of amides is 2. The Kier molecular flexibility index (Phi) is 7.31. The highest BCUT2D eigenvalue weighted by Crippen LogP contribution is 2.34. The number of nitrogens with one attached hydrogen (secondary N) is 2. The zero-order valence-corrected chi connectivity index (χ0v) is 16.8. The van der Waals surface area contributed by atoms with Crippen molar-refractivity contribution in [1.29, 1.82) is 0 Å². The third-order valence-electron chi connectivity index (χ3n) is 4.40. The molecule has 2 aromatic rings. The van der Waals surface area contributed by atoms with Gasteiger partial charge in [-0.1, -0.05) is 0 Å². The lowest BCUT2D eigenvalue weighted by Crippen LogP contribution is -2.51. The van der Waals surface area contributed by atoms with E-state index in [1.54, 1.807) is 29.2 Å². The Labute approximate surface area is 169 Å². The first-order valence-corrected chi connectivity index (χ1v) is 8.67. The first-order valence-electron chi connectivity index (χ1n) is 8.67. The van der Waals surface area contributed by atoms with Gasteiger partial charge in [-0.25, -0.2) is 0 Å². The minimum Gasteiger partial charge on any atom is -0.493 e. The minimum absolute atomic E-state index is 0. The largest absolute Gasteiger partial charge is 0.493 e. The molecule has 1 atom stereocenters. The van der Waals surface area contributed by atoms with Crippen molar-refractivity contribution in [3.8, 4) is 11.5 Å². The Bertz CT molecular complexity index is 825. The number of piperazine rings is 1. The predicted octanol–water partition coefficient (Wildman–Crippen LogP) is 2.40. The van der Waals surface area contributed by atoms with Crippen LogP contribution in [0.1, 0.15) is 27.8 Å². The van der Waals surface area contributed by atoms with E-state index in [0.29, 0.717) is 42.4 Å². The van der Waals surface area contributed by atoms with Crippen LogP contribution in [-0.4, -0.2) is 56.6 Å². The second-order valence-electron chi connectivity index (χ2n) is 6.29. The Balaban J connectivity index is 0.00000280. The maximum Gasteiger partial charge on any atom is 0.291 e. The lowest BCUT2D eigenvalue weighted by Gasteiger charge is -2.32. The molecule has 28 heavy (non-hydrogen) atoms. The molecule has 152 valence electrons. The van der Waals surface area contributed by atoms with Gasteiger partial charge in [-0.05, 0) is 25.1 Å². The number of hydrogen-bond acceptors (Lipinski definition) is 6. The molecule has 9 heteroatoms. The van der Waals surface area contributed by atoms with Crippen LogP contribution in [0.25, 0.3) is 0 Å². The van der Waals surface area contributed by atoms with Gasteiger partial charge in [0.1, 0.15) is 0 Å². The zero-order chi connectivity index (χ0) is 19.4. The van der Waals surface area contributed by atoms with Crippen molar-refractivity contribution >= 4 is 29.9 Å². The summed E-state index contributed by atoms with van der Waals surface area (Å²) in [6.45, 7) is 3.91. The van der Waals surface area contributed by atoms with Crippen LogP contribution in [0.2, 0.25) is 0 Å². The topological polar surface area (TPSA) is 93.0 Å². The van der Waals surface area contributed by atoms with Crippen molar-refractivity contribution in [2.24, 2.45) is 0 Å². The summed E-state index contributed by atoms with van der Waals surface area (Å²) in [4.78, 5) is 27.3. The number of methoxy groups -OCH3 is 2. The van der Waals surface area contributed by atoms with Gasteiger partial charge in [0, 0.05) is 31.7 Å². The number of anilines is 1. The second-order valence-corrected chi connectivity index (χ2v) is 6.29. The molecule has 2 amide bonds. The number of benzene rings is 1. The van der Waals surface area contributed by atoms with E-state index in [-0.39, 0.29) is 30.1 Å². The average molecular weight is 410 g/mol. The third-order valence-corrected chi connectivity index (χ3v) is 4.40. The van der Waals surface area contributed by atoms with Crippen LogP contribution in [0.15, 0.2) is 34.9 Å². The van der Waals surface area contributed by atoms with E-state index >= 15 is 0 Å². The molecule has 2 heterocycles. The van der Waals surface area contributed by atoms with Crippen molar-refractivity contribution < 1.29 is 23.5 Å². The number of hydrogen-bond donors (Lipinski definition) is 2. The molecule has 1 saturated heterocycles.